The fourth-order valence-electron chi connectivity index (χ4n) is 2.75. The molecule has 3 N–H and O–H groups in total. The third kappa shape index (κ3) is 2.79. The highest BCUT2D eigenvalue weighted by atomic mass is 16.3. The Hall–Kier alpha value is -1.81. The van der Waals surface area contributed by atoms with Crippen molar-refractivity contribution < 1.29 is 5.11 Å². The van der Waals surface area contributed by atoms with Crippen LogP contribution in [0.2, 0.25) is 0 Å². The van der Waals surface area contributed by atoms with Crippen LogP contribution in [0.4, 0.5) is 0 Å². The second-order valence-corrected chi connectivity index (χ2v) is 5.23. The van der Waals surface area contributed by atoms with E-state index in [1.165, 1.54) is 18.5 Å². The number of aromatic amines is 1. The fourth-order valence-corrected chi connectivity index (χ4v) is 2.75. The van der Waals surface area contributed by atoms with Gasteiger partial charge in [-0.15, -0.1) is 0 Å². The molecule has 0 saturated carbocycles. The molecule has 19 heavy (non-hydrogen) atoms. The van der Waals surface area contributed by atoms with Crippen molar-refractivity contribution in [2.45, 2.75) is 19.3 Å². The highest BCUT2D eigenvalue weighted by molar-refractivity contribution is 5.65. The highest BCUT2D eigenvalue weighted by Crippen LogP contribution is 2.26. The molecule has 0 spiro atoms. The van der Waals surface area contributed by atoms with Crippen molar-refractivity contribution in [2.75, 3.05) is 13.1 Å². The fraction of sp³-hybridized carbons (Fsp3) is 0.400. The molecule has 2 aromatic rings. The molecule has 1 aliphatic rings. The van der Waals surface area contributed by atoms with E-state index >= 15 is 0 Å². The van der Waals surface area contributed by atoms with Crippen molar-refractivity contribution in [3.8, 4) is 16.9 Å². The molecule has 1 aromatic carbocycles. The van der Waals surface area contributed by atoms with Gasteiger partial charge in [0.15, 0.2) is 0 Å². The van der Waals surface area contributed by atoms with E-state index in [0.29, 0.717) is 11.7 Å². The maximum absolute atomic E-state index is 9.35. The SMILES string of the molecule is Oc1ccc(-c2cn[nH]c2CC2CCCNC2)cc1. The average Bonchev–Trinajstić information content (AvgIpc) is 2.89. The number of nitrogens with zero attached hydrogens (tertiary/aromatic N) is 1. The van der Waals surface area contributed by atoms with Crippen LogP contribution < -0.4 is 5.32 Å². The first kappa shape index (κ1) is 12.2. The Morgan fingerprint density at radius 2 is 2.11 bits per heavy atom. The van der Waals surface area contributed by atoms with Crippen LogP contribution in [0.25, 0.3) is 11.1 Å². The van der Waals surface area contributed by atoms with E-state index in [-0.39, 0.29) is 0 Å². The number of rotatable bonds is 3. The summed E-state index contributed by atoms with van der Waals surface area (Å²) in [7, 11) is 0. The monoisotopic (exact) mass is 257 g/mol. The van der Waals surface area contributed by atoms with E-state index in [0.717, 1.165) is 30.6 Å². The number of hydrogen-bond acceptors (Lipinski definition) is 3. The van der Waals surface area contributed by atoms with Crippen LogP contribution in [0.5, 0.6) is 5.75 Å². The Kier molecular flexibility index (Phi) is 3.51. The number of phenols is 1. The molecule has 100 valence electrons. The van der Waals surface area contributed by atoms with Crippen LogP contribution in [0, 0.1) is 5.92 Å². The van der Waals surface area contributed by atoms with E-state index in [1.54, 1.807) is 12.1 Å². The van der Waals surface area contributed by atoms with Crippen molar-refractivity contribution >= 4 is 0 Å². The van der Waals surface area contributed by atoms with Crippen molar-refractivity contribution in [3.05, 3.63) is 36.2 Å². The third-order valence-electron chi connectivity index (χ3n) is 3.79. The maximum atomic E-state index is 9.35. The summed E-state index contributed by atoms with van der Waals surface area (Å²) < 4.78 is 0. The predicted octanol–water partition coefficient (Wildman–Crippen LogP) is 2.32. The Labute approximate surface area is 112 Å². The lowest BCUT2D eigenvalue weighted by atomic mass is 9.92. The Morgan fingerprint density at radius 3 is 2.84 bits per heavy atom. The first-order chi connectivity index (χ1) is 9.33. The summed E-state index contributed by atoms with van der Waals surface area (Å²) in [5, 5.41) is 20.1. The number of benzene rings is 1. The van der Waals surface area contributed by atoms with Crippen molar-refractivity contribution in [1.29, 1.82) is 0 Å². The maximum Gasteiger partial charge on any atom is 0.115 e. The van der Waals surface area contributed by atoms with Gasteiger partial charge in [0.2, 0.25) is 0 Å². The number of nitrogens with one attached hydrogen (secondary N) is 2. The lowest BCUT2D eigenvalue weighted by molar-refractivity contribution is 0.373. The number of aromatic hydroxyl groups is 1. The normalized spacial score (nSPS) is 19.5. The summed E-state index contributed by atoms with van der Waals surface area (Å²) in [6, 6.07) is 7.30. The largest absolute Gasteiger partial charge is 0.508 e. The van der Waals surface area contributed by atoms with E-state index in [4.69, 9.17) is 0 Å². The molecule has 4 nitrogen and oxygen atoms in total. The summed E-state index contributed by atoms with van der Waals surface area (Å²) in [5.74, 6) is 0.982. The second-order valence-electron chi connectivity index (χ2n) is 5.23. The minimum absolute atomic E-state index is 0.297. The van der Waals surface area contributed by atoms with Crippen molar-refractivity contribution in [1.82, 2.24) is 15.5 Å². The molecule has 0 bridgehead atoms. The molecule has 0 radical (unpaired) electrons. The van der Waals surface area contributed by atoms with Gasteiger partial charge in [-0.3, -0.25) is 5.10 Å². The lowest BCUT2D eigenvalue weighted by Gasteiger charge is -2.22. The van der Waals surface area contributed by atoms with Gasteiger partial charge in [-0.25, -0.2) is 0 Å². The first-order valence-corrected chi connectivity index (χ1v) is 6.85. The van der Waals surface area contributed by atoms with Crippen LogP contribution in [0.1, 0.15) is 18.5 Å². The molecule has 4 heteroatoms. The number of aromatic nitrogens is 2. The standard InChI is InChI=1S/C15H19N3O/c19-13-5-3-12(4-6-13)14-10-17-18-15(14)8-11-2-1-7-16-9-11/h3-6,10-11,16,19H,1-2,7-9H2,(H,17,18). The lowest BCUT2D eigenvalue weighted by Crippen LogP contribution is -2.31. The van der Waals surface area contributed by atoms with Gasteiger partial charge in [0.1, 0.15) is 5.75 Å². The first-order valence-electron chi connectivity index (χ1n) is 6.85. The zero-order valence-electron chi connectivity index (χ0n) is 10.9. The van der Waals surface area contributed by atoms with Crippen molar-refractivity contribution in [3.63, 3.8) is 0 Å². The van der Waals surface area contributed by atoms with E-state index in [9.17, 15) is 5.11 Å². The van der Waals surface area contributed by atoms with Crippen LogP contribution >= 0.6 is 0 Å². The Balaban J connectivity index is 1.79. The van der Waals surface area contributed by atoms with Crippen molar-refractivity contribution in [2.24, 2.45) is 5.92 Å². The number of phenolic OH excluding ortho intramolecular Hbond substituents is 1. The molecule has 1 saturated heterocycles. The third-order valence-corrected chi connectivity index (χ3v) is 3.79. The van der Waals surface area contributed by atoms with Crippen LogP contribution in [-0.4, -0.2) is 28.4 Å². The predicted molar refractivity (Wildman–Crippen MR) is 75.0 cm³/mol. The minimum atomic E-state index is 0.297. The Morgan fingerprint density at radius 1 is 1.26 bits per heavy atom. The molecule has 2 heterocycles. The molecule has 3 rings (SSSR count). The second kappa shape index (κ2) is 5.45. The van der Waals surface area contributed by atoms with Gasteiger partial charge in [-0.05, 0) is 56.0 Å². The van der Waals surface area contributed by atoms with Gasteiger partial charge < -0.3 is 10.4 Å². The summed E-state index contributed by atoms with van der Waals surface area (Å²) in [4.78, 5) is 0. The topological polar surface area (TPSA) is 60.9 Å². The number of H-pyrrole nitrogens is 1. The van der Waals surface area contributed by atoms with Crippen LogP contribution in [0.3, 0.4) is 0 Å². The smallest absolute Gasteiger partial charge is 0.115 e. The van der Waals surface area contributed by atoms with Gasteiger partial charge in [0.25, 0.3) is 0 Å². The zero-order valence-corrected chi connectivity index (χ0v) is 10.9. The molecule has 1 fully saturated rings. The molecule has 0 aliphatic carbocycles. The average molecular weight is 257 g/mol. The summed E-state index contributed by atoms with van der Waals surface area (Å²) in [6.07, 6.45) is 5.44. The summed E-state index contributed by atoms with van der Waals surface area (Å²) >= 11 is 0. The van der Waals surface area contributed by atoms with Gasteiger partial charge in [-0.2, -0.15) is 5.10 Å². The molecule has 1 aliphatic heterocycles. The minimum Gasteiger partial charge on any atom is -0.508 e. The summed E-state index contributed by atoms with van der Waals surface area (Å²) in [6.45, 7) is 2.23. The number of hydrogen-bond donors (Lipinski definition) is 3. The van der Waals surface area contributed by atoms with Gasteiger partial charge >= 0.3 is 0 Å². The quantitative estimate of drug-likeness (QED) is 0.791. The van der Waals surface area contributed by atoms with Crippen LogP contribution in [0.15, 0.2) is 30.5 Å². The van der Waals surface area contributed by atoms with E-state index < -0.39 is 0 Å². The van der Waals surface area contributed by atoms with Gasteiger partial charge in [-0.1, -0.05) is 12.1 Å². The van der Waals surface area contributed by atoms with Gasteiger partial charge in [0, 0.05) is 11.3 Å². The molecular weight excluding hydrogens is 238 g/mol. The van der Waals surface area contributed by atoms with E-state index in [1.807, 2.05) is 18.3 Å². The molecule has 1 aromatic heterocycles. The molecular formula is C15H19N3O. The highest BCUT2D eigenvalue weighted by Gasteiger charge is 2.17. The van der Waals surface area contributed by atoms with Crippen LogP contribution in [-0.2, 0) is 6.42 Å². The van der Waals surface area contributed by atoms with E-state index in [2.05, 4.69) is 15.5 Å². The van der Waals surface area contributed by atoms with Gasteiger partial charge in [0.05, 0.1) is 6.20 Å². The molecule has 1 atom stereocenters. The molecule has 1 unspecified atom stereocenters. The zero-order chi connectivity index (χ0) is 13.1. The Bertz CT molecular complexity index is 527. The summed E-state index contributed by atoms with van der Waals surface area (Å²) in [5.41, 5.74) is 3.44. The molecule has 0 amide bonds. The number of piperidine rings is 1.